The van der Waals surface area contributed by atoms with Gasteiger partial charge in [0.05, 0.1) is 7.11 Å². The van der Waals surface area contributed by atoms with Crippen LogP contribution in [0.15, 0.2) is 41.9 Å². The number of rotatable bonds is 6. The van der Waals surface area contributed by atoms with Gasteiger partial charge in [-0.25, -0.2) is 0 Å². The molecule has 1 saturated heterocycles. The van der Waals surface area contributed by atoms with E-state index in [1.165, 1.54) is 12.1 Å². The average Bonchev–Trinajstić information content (AvgIpc) is 3.04. The van der Waals surface area contributed by atoms with Crippen LogP contribution in [0.1, 0.15) is 6.42 Å². The maximum absolute atomic E-state index is 5.30. The van der Waals surface area contributed by atoms with Crippen molar-refractivity contribution in [3.05, 3.63) is 36.9 Å². The Labute approximate surface area is 133 Å². The molecule has 1 atom stereocenters. The summed E-state index contributed by atoms with van der Waals surface area (Å²) >= 11 is 0. The number of aliphatic imine (C=N–C) groups is 1. The third-order valence-electron chi connectivity index (χ3n) is 3.90. The lowest BCUT2D eigenvalue weighted by atomic mass is 10.1. The molecule has 1 aromatic carbocycles. The molecule has 0 amide bonds. The smallest absolute Gasteiger partial charge is 0.191 e. The molecule has 1 aliphatic rings. The van der Waals surface area contributed by atoms with Crippen LogP contribution in [0.4, 0.5) is 5.69 Å². The Kier molecular flexibility index (Phi) is 6.13. The number of benzene rings is 1. The predicted octanol–water partition coefficient (Wildman–Crippen LogP) is 1.87. The quantitative estimate of drug-likeness (QED) is 0.478. The SMILES string of the molecule is C=CCNC(=NC)NCC1CCN(c2cccc(OC)c2)C1. The molecule has 1 fully saturated rings. The molecule has 0 saturated carbocycles. The van der Waals surface area contributed by atoms with Gasteiger partial charge in [-0.3, -0.25) is 4.99 Å². The molecule has 5 nitrogen and oxygen atoms in total. The molecule has 1 aromatic rings. The van der Waals surface area contributed by atoms with Gasteiger partial charge in [0.1, 0.15) is 5.75 Å². The van der Waals surface area contributed by atoms with Gasteiger partial charge < -0.3 is 20.3 Å². The lowest BCUT2D eigenvalue weighted by Crippen LogP contribution is -2.40. The van der Waals surface area contributed by atoms with Crippen molar-refractivity contribution in [2.45, 2.75) is 6.42 Å². The van der Waals surface area contributed by atoms with Gasteiger partial charge in [0.2, 0.25) is 0 Å². The van der Waals surface area contributed by atoms with E-state index in [1.54, 1.807) is 14.2 Å². The average molecular weight is 302 g/mol. The number of hydrogen-bond acceptors (Lipinski definition) is 3. The standard InChI is InChI=1S/C17H26N4O/c1-4-9-19-17(18-2)20-12-14-8-10-21(13-14)15-6-5-7-16(11-15)22-3/h4-7,11,14H,1,8-10,12-13H2,2-3H3,(H2,18,19,20). The molecular weight excluding hydrogens is 276 g/mol. The fourth-order valence-corrected chi connectivity index (χ4v) is 2.67. The molecule has 5 heteroatoms. The molecule has 0 radical (unpaired) electrons. The number of nitrogens with one attached hydrogen (secondary N) is 2. The van der Waals surface area contributed by atoms with Crippen molar-refractivity contribution in [3.63, 3.8) is 0 Å². The third-order valence-corrected chi connectivity index (χ3v) is 3.90. The van der Waals surface area contributed by atoms with Crippen LogP contribution in [0.3, 0.4) is 0 Å². The van der Waals surface area contributed by atoms with Crippen molar-refractivity contribution < 1.29 is 4.74 Å². The van der Waals surface area contributed by atoms with E-state index in [9.17, 15) is 0 Å². The molecule has 0 aromatic heterocycles. The zero-order valence-corrected chi connectivity index (χ0v) is 13.5. The van der Waals surface area contributed by atoms with Crippen LogP contribution in [0.2, 0.25) is 0 Å². The molecule has 1 aliphatic heterocycles. The Balaban J connectivity index is 1.83. The summed E-state index contributed by atoms with van der Waals surface area (Å²) in [5, 5.41) is 6.57. The van der Waals surface area contributed by atoms with Crippen molar-refractivity contribution >= 4 is 11.6 Å². The van der Waals surface area contributed by atoms with E-state index in [-0.39, 0.29) is 0 Å². The molecule has 0 aliphatic carbocycles. The maximum Gasteiger partial charge on any atom is 0.191 e. The van der Waals surface area contributed by atoms with Crippen molar-refractivity contribution in [3.8, 4) is 5.75 Å². The first-order valence-electron chi connectivity index (χ1n) is 7.71. The van der Waals surface area contributed by atoms with E-state index in [0.29, 0.717) is 5.92 Å². The van der Waals surface area contributed by atoms with E-state index in [4.69, 9.17) is 4.74 Å². The van der Waals surface area contributed by atoms with Gasteiger partial charge in [0, 0.05) is 45.0 Å². The summed E-state index contributed by atoms with van der Waals surface area (Å²) in [4.78, 5) is 6.61. The lowest BCUT2D eigenvalue weighted by Gasteiger charge is -2.20. The highest BCUT2D eigenvalue weighted by atomic mass is 16.5. The highest BCUT2D eigenvalue weighted by molar-refractivity contribution is 5.79. The topological polar surface area (TPSA) is 48.9 Å². The monoisotopic (exact) mass is 302 g/mol. The second-order valence-electron chi connectivity index (χ2n) is 5.42. The third kappa shape index (κ3) is 4.41. The zero-order chi connectivity index (χ0) is 15.8. The first kappa shape index (κ1) is 16.2. The highest BCUT2D eigenvalue weighted by Gasteiger charge is 2.23. The molecule has 0 bridgehead atoms. The van der Waals surface area contributed by atoms with Gasteiger partial charge in [-0.15, -0.1) is 6.58 Å². The summed E-state index contributed by atoms with van der Waals surface area (Å²) < 4.78 is 5.30. The maximum atomic E-state index is 5.30. The Bertz CT molecular complexity index is 515. The highest BCUT2D eigenvalue weighted by Crippen LogP contribution is 2.26. The minimum atomic E-state index is 0.619. The Morgan fingerprint density at radius 2 is 2.36 bits per heavy atom. The molecular formula is C17H26N4O. The summed E-state index contributed by atoms with van der Waals surface area (Å²) in [5.74, 6) is 2.36. The summed E-state index contributed by atoms with van der Waals surface area (Å²) in [6, 6.07) is 8.26. The fourth-order valence-electron chi connectivity index (χ4n) is 2.67. The molecule has 2 rings (SSSR count). The summed E-state index contributed by atoms with van der Waals surface area (Å²) in [6.07, 6.45) is 3.01. The minimum Gasteiger partial charge on any atom is -0.497 e. The van der Waals surface area contributed by atoms with E-state index < -0.39 is 0 Å². The van der Waals surface area contributed by atoms with Gasteiger partial charge in [-0.2, -0.15) is 0 Å². The van der Waals surface area contributed by atoms with E-state index in [2.05, 4.69) is 39.2 Å². The van der Waals surface area contributed by atoms with E-state index in [1.807, 2.05) is 18.2 Å². The van der Waals surface area contributed by atoms with Crippen LogP contribution in [-0.4, -0.2) is 46.3 Å². The van der Waals surface area contributed by atoms with Crippen molar-refractivity contribution in [2.75, 3.05) is 45.2 Å². The van der Waals surface area contributed by atoms with Crippen LogP contribution < -0.4 is 20.3 Å². The van der Waals surface area contributed by atoms with Gasteiger partial charge >= 0.3 is 0 Å². The second-order valence-corrected chi connectivity index (χ2v) is 5.42. The van der Waals surface area contributed by atoms with E-state index in [0.717, 1.165) is 37.9 Å². The lowest BCUT2D eigenvalue weighted by molar-refractivity contribution is 0.415. The first-order chi connectivity index (χ1) is 10.8. The van der Waals surface area contributed by atoms with Crippen LogP contribution in [0.5, 0.6) is 5.75 Å². The predicted molar refractivity (Wildman–Crippen MR) is 92.9 cm³/mol. The van der Waals surface area contributed by atoms with Crippen LogP contribution in [0.25, 0.3) is 0 Å². The zero-order valence-electron chi connectivity index (χ0n) is 13.5. The summed E-state index contributed by atoms with van der Waals surface area (Å²) in [7, 11) is 3.49. The first-order valence-corrected chi connectivity index (χ1v) is 7.71. The largest absolute Gasteiger partial charge is 0.497 e. The normalized spacial score (nSPS) is 18.2. The minimum absolute atomic E-state index is 0.619. The van der Waals surface area contributed by atoms with Gasteiger partial charge in [-0.1, -0.05) is 12.1 Å². The van der Waals surface area contributed by atoms with Crippen LogP contribution >= 0.6 is 0 Å². The molecule has 1 heterocycles. The molecule has 2 N–H and O–H groups in total. The molecule has 120 valence electrons. The van der Waals surface area contributed by atoms with E-state index >= 15 is 0 Å². The number of methoxy groups -OCH3 is 1. The Morgan fingerprint density at radius 3 is 3.09 bits per heavy atom. The van der Waals surface area contributed by atoms with Gasteiger partial charge in [-0.05, 0) is 24.5 Å². The number of ether oxygens (including phenoxy) is 1. The number of guanidine groups is 1. The van der Waals surface area contributed by atoms with Gasteiger partial charge in [0.25, 0.3) is 0 Å². The number of anilines is 1. The van der Waals surface area contributed by atoms with Gasteiger partial charge in [0.15, 0.2) is 5.96 Å². The molecule has 0 spiro atoms. The number of hydrogen-bond donors (Lipinski definition) is 2. The van der Waals surface area contributed by atoms with Crippen molar-refractivity contribution in [1.82, 2.24) is 10.6 Å². The summed E-state index contributed by atoms with van der Waals surface area (Å²) in [6.45, 7) is 7.49. The van der Waals surface area contributed by atoms with Crippen molar-refractivity contribution in [1.29, 1.82) is 0 Å². The van der Waals surface area contributed by atoms with Crippen LogP contribution in [0, 0.1) is 5.92 Å². The van der Waals surface area contributed by atoms with Crippen LogP contribution in [-0.2, 0) is 0 Å². The fraction of sp³-hybridized carbons (Fsp3) is 0.471. The Hall–Kier alpha value is -2.17. The molecule has 22 heavy (non-hydrogen) atoms. The van der Waals surface area contributed by atoms with Crippen molar-refractivity contribution in [2.24, 2.45) is 10.9 Å². The Morgan fingerprint density at radius 1 is 1.50 bits per heavy atom. The molecule has 1 unspecified atom stereocenters. The summed E-state index contributed by atoms with van der Waals surface area (Å²) in [5.41, 5.74) is 1.23. The number of nitrogens with zero attached hydrogens (tertiary/aromatic N) is 2. The second kappa shape index (κ2) is 8.32.